The topological polar surface area (TPSA) is 112 Å². The molecule has 1 saturated heterocycles. The minimum absolute atomic E-state index is 0.00792. The number of nitrogens with zero attached hydrogens (tertiary/aromatic N) is 4. The van der Waals surface area contributed by atoms with E-state index in [4.69, 9.17) is 4.74 Å². The van der Waals surface area contributed by atoms with Gasteiger partial charge in [-0.3, -0.25) is 9.89 Å². The lowest BCUT2D eigenvalue weighted by Crippen LogP contribution is -2.57. The van der Waals surface area contributed by atoms with Gasteiger partial charge in [0.2, 0.25) is 5.95 Å². The first-order chi connectivity index (χ1) is 14.9. The van der Waals surface area contributed by atoms with Crippen LogP contribution in [0.15, 0.2) is 18.3 Å². The predicted octanol–water partition coefficient (Wildman–Crippen LogP) is 2.41. The Bertz CT molecular complexity index is 1240. The Morgan fingerprint density at radius 3 is 2.87 bits per heavy atom. The second-order valence-corrected chi connectivity index (χ2v) is 7.55. The summed E-state index contributed by atoms with van der Waals surface area (Å²) in [5.74, 6) is -3.37. The van der Waals surface area contributed by atoms with E-state index in [1.165, 1.54) is 11.1 Å². The third kappa shape index (κ3) is 2.87. The molecule has 0 radical (unpaired) electrons. The Balaban J connectivity index is 1.64. The molecule has 0 bridgehead atoms. The summed E-state index contributed by atoms with van der Waals surface area (Å²) in [7, 11) is 0. The summed E-state index contributed by atoms with van der Waals surface area (Å²) in [6, 6.07) is 2.84. The number of piperazine rings is 1. The van der Waals surface area contributed by atoms with Crippen LogP contribution >= 0.6 is 0 Å². The van der Waals surface area contributed by atoms with Crippen LogP contribution < -0.4 is 4.74 Å². The highest BCUT2D eigenvalue weighted by Gasteiger charge is 2.40. The first-order valence-electron chi connectivity index (χ1n) is 9.60. The number of pyridine rings is 1. The van der Waals surface area contributed by atoms with Crippen molar-refractivity contribution in [2.75, 3.05) is 26.2 Å². The number of carboxylic acid groups (broad SMARTS) is 1. The molecule has 0 spiro atoms. The minimum atomic E-state index is -1.14. The maximum atomic E-state index is 15.6. The summed E-state index contributed by atoms with van der Waals surface area (Å²) in [5, 5.41) is 16.5. The van der Waals surface area contributed by atoms with Crippen molar-refractivity contribution in [2.45, 2.75) is 13.0 Å². The summed E-state index contributed by atoms with van der Waals surface area (Å²) in [4.78, 5) is 30.6. The van der Waals surface area contributed by atoms with Crippen LogP contribution in [-0.4, -0.2) is 74.4 Å². The van der Waals surface area contributed by atoms with E-state index >= 15 is 8.78 Å². The highest BCUT2D eigenvalue weighted by Crippen LogP contribution is 2.38. The van der Waals surface area contributed by atoms with Crippen molar-refractivity contribution >= 4 is 22.9 Å². The number of carbonyl (C=O) groups is 2. The van der Waals surface area contributed by atoms with Gasteiger partial charge < -0.3 is 19.6 Å². The molecule has 1 atom stereocenters. The lowest BCUT2D eigenvalue weighted by atomic mass is 9.99. The molecule has 3 aromatic rings. The molecule has 2 aliphatic rings. The van der Waals surface area contributed by atoms with Crippen molar-refractivity contribution in [3.63, 3.8) is 0 Å². The number of halogens is 2. The second kappa shape index (κ2) is 6.89. The van der Waals surface area contributed by atoms with Crippen LogP contribution in [0.1, 0.15) is 15.9 Å². The number of H-pyrrole nitrogens is 1. The van der Waals surface area contributed by atoms with Crippen molar-refractivity contribution in [3.05, 3.63) is 41.2 Å². The third-order valence-electron chi connectivity index (χ3n) is 5.77. The van der Waals surface area contributed by atoms with Crippen molar-refractivity contribution in [1.82, 2.24) is 25.0 Å². The van der Waals surface area contributed by atoms with Crippen LogP contribution in [-0.2, 0) is 0 Å². The fourth-order valence-corrected chi connectivity index (χ4v) is 4.20. The zero-order chi connectivity index (χ0) is 21.9. The molecular weight excluding hydrogens is 412 g/mol. The van der Waals surface area contributed by atoms with Gasteiger partial charge in [-0.05, 0) is 18.6 Å². The van der Waals surface area contributed by atoms with Crippen LogP contribution in [0.2, 0.25) is 0 Å². The molecule has 1 fully saturated rings. The van der Waals surface area contributed by atoms with Gasteiger partial charge in [0.05, 0.1) is 17.8 Å². The van der Waals surface area contributed by atoms with E-state index < -0.39 is 41.1 Å². The molecule has 2 N–H and O–H groups in total. The van der Waals surface area contributed by atoms with Crippen molar-refractivity contribution in [2.24, 2.45) is 0 Å². The normalized spacial score (nSPS) is 18.4. The molecule has 160 valence electrons. The number of aryl methyl sites for hydroxylation is 1. The SMILES string of the molecule is Cc1ccc2[nH]ncc2c1-c1nc(F)c2c(c1F)OC[C@H]1CN(C(=O)O)CCN1C2=O. The summed E-state index contributed by atoms with van der Waals surface area (Å²) in [6.07, 6.45) is 0.369. The summed E-state index contributed by atoms with van der Waals surface area (Å²) < 4.78 is 36.3. The average Bonchev–Trinajstić information content (AvgIpc) is 3.16. The number of aromatic nitrogens is 3. The zero-order valence-electron chi connectivity index (χ0n) is 16.4. The standard InChI is InChI=1S/C20H17F2N5O4/c1-9-2-3-12-11(6-23-25-12)13(9)16-15(21)17-14(18(22)24-16)19(28)27-5-4-26(20(29)30)7-10(27)8-31-17/h2-3,6,10H,4-5,7-8H2,1H3,(H,23,25)(H,29,30)/t10-/m1/s1. The van der Waals surface area contributed by atoms with Crippen molar-refractivity contribution in [3.8, 4) is 17.0 Å². The maximum absolute atomic E-state index is 15.6. The molecule has 0 aliphatic carbocycles. The van der Waals surface area contributed by atoms with Crippen LogP contribution in [0, 0.1) is 18.7 Å². The number of nitrogens with one attached hydrogen (secondary N) is 1. The molecule has 11 heteroatoms. The Kier molecular flexibility index (Phi) is 4.27. The van der Waals surface area contributed by atoms with Crippen LogP contribution in [0.3, 0.4) is 0 Å². The Labute approximate surface area is 174 Å². The first-order valence-corrected chi connectivity index (χ1v) is 9.60. The summed E-state index contributed by atoms with van der Waals surface area (Å²) in [6.45, 7) is 1.68. The monoisotopic (exact) mass is 429 g/mol. The van der Waals surface area contributed by atoms with Gasteiger partial charge in [0.15, 0.2) is 11.6 Å². The summed E-state index contributed by atoms with van der Waals surface area (Å²) >= 11 is 0. The molecular formula is C20H17F2N5O4. The van der Waals surface area contributed by atoms with Gasteiger partial charge in [-0.1, -0.05) is 6.07 Å². The number of ether oxygens (including phenoxy) is 1. The van der Waals surface area contributed by atoms with E-state index in [9.17, 15) is 14.7 Å². The molecule has 2 amide bonds. The Morgan fingerprint density at radius 1 is 1.29 bits per heavy atom. The van der Waals surface area contributed by atoms with E-state index in [-0.39, 0.29) is 31.9 Å². The molecule has 0 unspecified atom stereocenters. The molecule has 4 heterocycles. The quantitative estimate of drug-likeness (QED) is 0.575. The Hall–Kier alpha value is -3.76. The molecule has 2 aromatic heterocycles. The lowest BCUT2D eigenvalue weighted by molar-refractivity contribution is 0.0386. The third-order valence-corrected chi connectivity index (χ3v) is 5.77. The molecule has 9 nitrogen and oxygen atoms in total. The first kappa shape index (κ1) is 19.2. The fraction of sp³-hybridized carbons (Fsp3) is 0.300. The number of fused-ring (bicyclic) bond motifs is 3. The van der Waals surface area contributed by atoms with E-state index in [0.717, 1.165) is 4.90 Å². The number of carbonyl (C=O) groups excluding carboxylic acids is 1. The van der Waals surface area contributed by atoms with Gasteiger partial charge >= 0.3 is 6.09 Å². The average molecular weight is 429 g/mol. The van der Waals surface area contributed by atoms with Gasteiger partial charge in [-0.25, -0.2) is 14.2 Å². The van der Waals surface area contributed by atoms with Crippen molar-refractivity contribution in [1.29, 1.82) is 0 Å². The van der Waals surface area contributed by atoms with E-state index in [0.29, 0.717) is 22.0 Å². The van der Waals surface area contributed by atoms with Gasteiger partial charge in [-0.15, -0.1) is 0 Å². The molecule has 1 aromatic carbocycles. The molecule has 5 rings (SSSR count). The predicted molar refractivity (Wildman–Crippen MR) is 104 cm³/mol. The zero-order valence-corrected chi connectivity index (χ0v) is 16.4. The maximum Gasteiger partial charge on any atom is 0.407 e. The smallest absolute Gasteiger partial charge is 0.407 e. The largest absolute Gasteiger partial charge is 0.487 e. The molecule has 31 heavy (non-hydrogen) atoms. The highest BCUT2D eigenvalue weighted by molar-refractivity contribution is 6.00. The van der Waals surface area contributed by atoms with Gasteiger partial charge in [-0.2, -0.15) is 9.49 Å². The fourth-order valence-electron chi connectivity index (χ4n) is 4.20. The number of hydrogen-bond acceptors (Lipinski definition) is 5. The Morgan fingerprint density at radius 2 is 2.10 bits per heavy atom. The highest BCUT2D eigenvalue weighted by atomic mass is 19.1. The van der Waals surface area contributed by atoms with Crippen LogP contribution in [0.5, 0.6) is 5.75 Å². The van der Waals surface area contributed by atoms with Crippen LogP contribution in [0.25, 0.3) is 22.2 Å². The minimum Gasteiger partial charge on any atom is -0.487 e. The van der Waals surface area contributed by atoms with E-state index in [2.05, 4.69) is 15.2 Å². The van der Waals surface area contributed by atoms with Gasteiger partial charge in [0, 0.05) is 30.6 Å². The number of hydrogen-bond donors (Lipinski definition) is 2. The lowest BCUT2D eigenvalue weighted by Gasteiger charge is -2.38. The summed E-state index contributed by atoms with van der Waals surface area (Å²) in [5.41, 5.74) is 0.764. The molecule has 0 saturated carbocycles. The van der Waals surface area contributed by atoms with Gasteiger partial charge in [0.1, 0.15) is 17.9 Å². The number of aromatic amines is 1. The van der Waals surface area contributed by atoms with Crippen molar-refractivity contribution < 1.29 is 28.2 Å². The second-order valence-electron chi connectivity index (χ2n) is 7.55. The van der Waals surface area contributed by atoms with Gasteiger partial charge in [0.25, 0.3) is 5.91 Å². The van der Waals surface area contributed by atoms with Crippen LogP contribution in [0.4, 0.5) is 13.6 Å². The van der Waals surface area contributed by atoms with E-state index in [1.54, 1.807) is 19.1 Å². The van der Waals surface area contributed by atoms with E-state index in [1.807, 2.05) is 0 Å². The number of rotatable bonds is 1. The number of benzene rings is 1. The molecule has 2 aliphatic heterocycles. The number of amides is 2.